The Morgan fingerprint density at radius 2 is 1.59 bits per heavy atom. The Morgan fingerprint density at radius 1 is 0.892 bits per heavy atom. The maximum absolute atomic E-state index is 13.4. The number of alkyl halides is 3. The van der Waals surface area contributed by atoms with Crippen LogP contribution in [0.15, 0.2) is 78.9 Å². The van der Waals surface area contributed by atoms with E-state index in [1.165, 1.54) is 17.2 Å². The fourth-order valence-electron chi connectivity index (χ4n) is 5.41. The average Bonchev–Trinajstić information content (AvgIpc) is 3.17. The van der Waals surface area contributed by atoms with Crippen molar-refractivity contribution in [3.8, 4) is 5.75 Å². The van der Waals surface area contributed by atoms with Crippen LogP contribution in [0.2, 0.25) is 0 Å². The van der Waals surface area contributed by atoms with Crippen molar-refractivity contribution in [1.29, 1.82) is 0 Å². The maximum Gasteiger partial charge on any atom is 0.416 e. The minimum atomic E-state index is -4.40. The minimum absolute atomic E-state index is 0.0355. The van der Waals surface area contributed by atoms with E-state index in [2.05, 4.69) is 24.3 Å². The van der Waals surface area contributed by atoms with Gasteiger partial charge < -0.3 is 9.64 Å². The Bertz CT molecular complexity index is 1190. The number of piperidine rings is 1. The van der Waals surface area contributed by atoms with Crippen molar-refractivity contribution < 1.29 is 22.7 Å². The predicted molar refractivity (Wildman–Crippen MR) is 141 cm³/mol. The summed E-state index contributed by atoms with van der Waals surface area (Å²) in [5.41, 5.74) is 2.52. The highest BCUT2D eigenvalue weighted by molar-refractivity contribution is 7.98. The van der Waals surface area contributed by atoms with Gasteiger partial charge >= 0.3 is 6.18 Å². The lowest BCUT2D eigenvalue weighted by molar-refractivity contribution is -0.137. The lowest BCUT2D eigenvalue weighted by Crippen LogP contribution is -2.49. The molecule has 0 N–H and O–H groups in total. The van der Waals surface area contributed by atoms with Crippen molar-refractivity contribution in [2.75, 3.05) is 5.75 Å². The van der Waals surface area contributed by atoms with E-state index in [9.17, 15) is 18.0 Å². The highest BCUT2D eigenvalue weighted by atomic mass is 32.2. The normalized spacial score (nSPS) is 21.2. The second-order valence-corrected chi connectivity index (χ2v) is 10.9. The van der Waals surface area contributed by atoms with Crippen molar-refractivity contribution in [2.45, 2.75) is 62.2 Å². The Labute approximate surface area is 220 Å². The number of hydrogen-bond donors (Lipinski definition) is 0. The van der Waals surface area contributed by atoms with Crippen LogP contribution in [0, 0.1) is 0 Å². The summed E-state index contributed by atoms with van der Waals surface area (Å²) in [6.45, 7) is 0. The van der Waals surface area contributed by atoms with Crippen molar-refractivity contribution in [3.63, 3.8) is 0 Å². The van der Waals surface area contributed by atoms with Crippen molar-refractivity contribution in [3.05, 3.63) is 101 Å². The molecule has 1 amide bonds. The van der Waals surface area contributed by atoms with E-state index < -0.39 is 11.7 Å². The Hall–Kier alpha value is -2.93. The van der Waals surface area contributed by atoms with Gasteiger partial charge in [0.05, 0.1) is 5.56 Å². The largest absolute Gasteiger partial charge is 0.490 e. The van der Waals surface area contributed by atoms with Crippen LogP contribution in [0.5, 0.6) is 5.75 Å². The summed E-state index contributed by atoms with van der Waals surface area (Å²) in [6.07, 6.45) is -0.490. The summed E-state index contributed by atoms with van der Waals surface area (Å²) in [6, 6.07) is 23.5. The van der Waals surface area contributed by atoms with E-state index in [1.54, 1.807) is 6.07 Å². The minimum Gasteiger partial charge on any atom is -0.490 e. The van der Waals surface area contributed by atoms with E-state index in [-0.39, 0.29) is 29.8 Å². The fourth-order valence-corrected chi connectivity index (χ4v) is 6.36. The fraction of sp³-hybridized carbons (Fsp3) is 0.367. The number of rotatable bonds is 8. The first-order valence-electron chi connectivity index (χ1n) is 12.7. The summed E-state index contributed by atoms with van der Waals surface area (Å²) in [4.78, 5) is 15.3. The third-order valence-electron chi connectivity index (χ3n) is 7.24. The van der Waals surface area contributed by atoms with E-state index in [4.69, 9.17) is 4.74 Å². The molecule has 3 aromatic carbocycles. The lowest BCUT2D eigenvalue weighted by atomic mass is 9.98. The monoisotopic (exact) mass is 525 g/mol. The Morgan fingerprint density at radius 3 is 2.27 bits per heavy atom. The maximum atomic E-state index is 13.4. The second kappa shape index (κ2) is 11.2. The van der Waals surface area contributed by atoms with Crippen LogP contribution >= 0.6 is 11.8 Å². The molecule has 0 aliphatic carbocycles. The van der Waals surface area contributed by atoms with Crippen LogP contribution < -0.4 is 4.74 Å². The van der Waals surface area contributed by atoms with Crippen LogP contribution in [0.25, 0.3) is 0 Å². The summed E-state index contributed by atoms with van der Waals surface area (Å²) >= 11 is 1.89. The van der Waals surface area contributed by atoms with Crippen molar-refractivity contribution >= 4 is 17.7 Å². The summed E-state index contributed by atoms with van der Waals surface area (Å²) in [5.74, 6) is 2.22. The van der Waals surface area contributed by atoms with Crippen LogP contribution in [0.1, 0.15) is 52.7 Å². The van der Waals surface area contributed by atoms with Crippen LogP contribution in [0.3, 0.4) is 0 Å². The number of benzene rings is 3. The third-order valence-corrected chi connectivity index (χ3v) is 8.27. The van der Waals surface area contributed by atoms with Crippen LogP contribution in [-0.2, 0) is 18.3 Å². The zero-order valence-electron chi connectivity index (χ0n) is 20.5. The highest BCUT2D eigenvalue weighted by Crippen LogP contribution is 2.39. The standard InChI is InChI=1S/C30H30F3NO2S/c31-30(32,33)24-7-4-8-27(17-24)36-28-18-25-13-14-26(19-28)34(25)29(35)23-11-9-22(10-12-23)20-37-16-15-21-5-2-1-3-6-21/h1-12,17,25-26,28H,13-16,18-20H2. The highest BCUT2D eigenvalue weighted by Gasteiger charge is 2.44. The Kier molecular flexibility index (Phi) is 7.79. The number of aryl methyl sites for hydroxylation is 1. The average molecular weight is 526 g/mol. The smallest absolute Gasteiger partial charge is 0.416 e. The zero-order valence-corrected chi connectivity index (χ0v) is 21.3. The van der Waals surface area contributed by atoms with Gasteiger partial charge in [-0.05, 0) is 66.5 Å². The number of nitrogens with zero attached hydrogens (tertiary/aromatic N) is 1. The number of thioether (sulfide) groups is 1. The number of halogens is 3. The van der Waals surface area contributed by atoms with Crippen LogP contribution in [0.4, 0.5) is 13.2 Å². The van der Waals surface area contributed by atoms with E-state index in [0.29, 0.717) is 18.4 Å². The van der Waals surface area contributed by atoms with Gasteiger partial charge in [0.25, 0.3) is 5.91 Å². The molecule has 3 aromatic rings. The molecule has 194 valence electrons. The molecule has 3 nitrogen and oxygen atoms in total. The van der Waals surface area contributed by atoms with Gasteiger partial charge in [0.15, 0.2) is 0 Å². The molecule has 2 aliphatic rings. The number of fused-ring (bicyclic) bond motifs is 2. The molecule has 2 unspecified atom stereocenters. The number of hydrogen-bond acceptors (Lipinski definition) is 3. The molecule has 0 saturated carbocycles. The number of carbonyl (C=O) groups excluding carboxylic acids is 1. The lowest BCUT2D eigenvalue weighted by Gasteiger charge is -2.39. The van der Waals surface area contributed by atoms with Gasteiger partial charge in [0.2, 0.25) is 0 Å². The van der Waals surface area contributed by atoms with Gasteiger partial charge in [-0.2, -0.15) is 24.9 Å². The molecule has 37 heavy (non-hydrogen) atoms. The van der Waals surface area contributed by atoms with Gasteiger partial charge in [0, 0.05) is 36.2 Å². The molecule has 2 bridgehead atoms. The molecule has 0 radical (unpaired) electrons. The van der Waals surface area contributed by atoms with Gasteiger partial charge in [-0.25, -0.2) is 0 Å². The molecule has 7 heteroatoms. The van der Waals surface area contributed by atoms with Gasteiger partial charge in [0.1, 0.15) is 11.9 Å². The number of ether oxygens (including phenoxy) is 1. The van der Waals surface area contributed by atoms with Gasteiger partial charge in [-0.15, -0.1) is 0 Å². The first kappa shape index (κ1) is 25.7. The first-order chi connectivity index (χ1) is 17.9. The summed E-state index contributed by atoms with van der Waals surface area (Å²) in [5, 5.41) is 0. The SMILES string of the molecule is O=C(c1ccc(CSCCc2ccccc2)cc1)N1C2CCC1CC(Oc1cccc(C(F)(F)F)c1)C2. The van der Waals surface area contributed by atoms with E-state index in [0.717, 1.165) is 42.9 Å². The summed E-state index contributed by atoms with van der Waals surface area (Å²) in [7, 11) is 0. The predicted octanol–water partition coefficient (Wildman–Crippen LogP) is 7.40. The molecule has 2 aliphatic heterocycles. The molecule has 0 spiro atoms. The van der Waals surface area contributed by atoms with Crippen LogP contribution in [-0.4, -0.2) is 34.7 Å². The number of amides is 1. The molecule has 2 heterocycles. The number of carbonyl (C=O) groups is 1. The van der Waals surface area contributed by atoms with Crippen molar-refractivity contribution in [1.82, 2.24) is 4.90 Å². The molecule has 2 atom stereocenters. The molecule has 0 aromatic heterocycles. The first-order valence-corrected chi connectivity index (χ1v) is 13.9. The molecule has 2 fully saturated rings. The van der Waals surface area contributed by atoms with Gasteiger partial charge in [-0.3, -0.25) is 4.79 Å². The molecular formula is C30H30F3NO2S. The molecule has 5 rings (SSSR count). The second-order valence-electron chi connectivity index (χ2n) is 9.82. The van der Waals surface area contributed by atoms with Gasteiger partial charge in [-0.1, -0.05) is 48.5 Å². The topological polar surface area (TPSA) is 29.5 Å². The molecular weight excluding hydrogens is 495 g/mol. The van der Waals surface area contributed by atoms with E-state index in [1.807, 2.05) is 47.0 Å². The van der Waals surface area contributed by atoms with Crippen molar-refractivity contribution in [2.24, 2.45) is 0 Å². The third kappa shape index (κ3) is 6.32. The Balaban J connectivity index is 1.14. The quantitative estimate of drug-likeness (QED) is 0.287. The molecule has 2 saturated heterocycles. The summed E-state index contributed by atoms with van der Waals surface area (Å²) < 4.78 is 45.1. The van der Waals surface area contributed by atoms with E-state index >= 15 is 0 Å². The zero-order chi connectivity index (χ0) is 25.8.